The van der Waals surface area contributed by atoms with Gasteiger partial charge in [0.2, 0.25) is 0 Å². The highest BCUT2D eigenvalue weighted by atomic mass is 16.6. The number of tetrazole rings is 1. The predicted octanol–water partition coefficient (Wildman–Crippen LogP) is 3.37. The van der Waals surface area contributed by atoms with Crippen LogP contribution in [0.15, 0.2) is 70.6 Å². The predicted molar refractivity (Wildman–Crippen MR) is 112 cm³/mol. The molecule has 0 saturated carbocycles. The summed E-state index contributed by atoms with van der Waals surface area (Å²) in [5, 5.41) is 14.3. The normalized spacial score (nSPS) is 11.8. The Kier molecular flexibility index (Phi) is 4.95. The van der Waals surface area contributed by atoms with E-state index in [2.05, 4.69) is 39.8 Å². The van der Waals surface area contributed by atoms with Gasteiger partial charge in [-0.25, -0.2) is 4.79 Å². The Morgan fingerprint density at radius 1 is 1.03 bits per heavy atom. The van der Waals surface area contributed by atoms with Crippen molar-refractivity contribution in [3.05, 3.63) is 87.8 Å². The summed E-state index contributed by atoms with van der Waals surface area (Å²) >= 11 is 0. The molecule has 0 bridgehead atoms. The van der Waals surface area contributed by atoms with Gasteiger partial charge in [-0.15, -0.1) is 0 Å². The van der Waals surface area contributed by atoms with Crippen LogP contribution in [0.4, 0.5) is 0 Å². The molecular formula is C22H21N5O2. The van der Waals surface area contributed by atoms with Crippen molar-refractivity contribution >= 4 is 16.5 Å². The number of aromatic nitrogens is 4. The number of fused-ring (bicyclic) bond motifs is 1. The van der Waals surface area contributed by atoms with Gasteiger partial charge in [-0.05, 0) is 58.3 Å². The van der Waals surface area contributed by atoms with Crippen molar-refractivity contribution in [3.8, 4) is 5.69 Å². The summed E-state index contributed by atoms with van der Waals surface area (Å²) in [5.41, 5.74) is 3.93. The minimum Gasteiger partial charge on any atom is -0.391 e. The quantitative estimate of drug-likeness (QED) is 0.389. The lowest BCUT2D eigenvalue weighted by molar-refractivity contribution is 0.130. The molecule has 0 aliphatic rings. The Bertz CT molecular complexity index is 1270. The molecule has 4 rings (SSSR count). The van der Waals surface area contributed by atoms with Gasteiger partial charge in [-0.2, -0.15) is 9.36 Å². The largest absolute Gasteiger partial charge is 0.391 e. The SMILES string of the molecule is CC(=NOCc1c(C)cccc1-n1nnn(C)c1=O)c1ccc2ccccc2c1. The van der Waals surface area contributed by atoms with Gasteiger partial charge in [-0.1, -0.05) is 53.7 Å². The molecule has 0 unspecified atom stereocenters. The first kappa shape index (κ1) is 18.6. The molecule has 0 fully saturated rings. The molecule has 1 aromatic heterocycles. The van der Waals surface area contributed by atoms with Gasteiger partial charge in [0.05, 0.1) is 11.4 Å². The zero-order valence-corrected chi connectivity index (χ0v) is 16.5. The fraction of sp³-hybridized carbons (Fsp3) is 0.182. The first-order chi connectivity index (χ1) is 14.0. The van der Waals surface area contributed by atoms with Crippen molar-refractivity contribution in [3.63, 3.8) is 0 Å². The lowest BCUT2D eigenvalue weighted by Gasteiger charge is -2.11. The topological polar surface area (TPSA) is 74.3 Å². The van der Waals surface area contributed by atoms with Crippen molar-refractivity contribution < 1.29 is 4.84 Å². The second kappa shape index (κ2) is 7.71. The molecular weight excluding hydrogens is 366 g/mol. The molecule has 0 spiro atoms. The number of hydrogen-bond donors (Lipinski definition) is 0. The maximum Gasteiger partial charge on any atom is 0.368 e. The van der Waals surface area contributed by atoms with Crippen molar-refractivity contribution in [2.45, 2.75) is 20.5 Å². The Hall–Kier alpha value is -3.74. The number of aryl methyl sites for hydroxylation is 2. The molecule has 0 aliphatic heterocycles. The van der Waals surface area contributed by atoms with Crippen LogP contribution in [0.2, 0.25) is 0 Å². The van der Waals surface area contributed by atoms with Crippen molar-refractivity contribution in [2.24, 2.45) is 12.2 Å². The third-order valence-corrected chi connectivity index (χ3v) is 4.91. The number of nitrogens with zero attached hydrogens (tertiary/aromatic N) is 5. The molecule has 4 aromatic rings. The van der Waals surface area contributed by atoms with E-state index in [1.807, 2.05) is 50.2 Å². The van der Waals surface area contributed by atoms with Gasteiger partial charge < -0.3 is 4.84 Å². The highest BCUT2D eigenvalue weighted by Gasteiger charge is 2.13. The van der Waals surface area contributed by atoms with Crippen LogP contribution in [0.5, 0.6) is 0 Å². The minimum absolute atomic E-state index is 0.218. The molecule has 0 radical (unpaired) electrons. The summed E-state index contributed by atoms with van der Waals surface area (Å²) in [7, 11) is 1.56. The molecule has 0 aliphatic carbocycles. The maximum absolute atomic E-state index is 12.2. The van der Waals surface area contributed by atoms with E-state index >= 15 is 0 Å². The molecule has 0 saturated heterocycles. The standard InChI is InChI=1S/C22H21N5O2/c1-15-7-6-10-21(27-22(28)26(3)24-25-27)20(15)14-29-23-16(2)18-12-11-17-8-4-5-9-19(17)13-18/h4-13H,14H2,1-3H3. The molecule has 1 heterocycles. The van der Waals surface area contributed by atoms with Crippen LogP contribution in [-0.2, 0) is 18.5 Å². The van der Waals surface area contributed by atoms with Gasteiger partial charge in [0.1, 0.15) is 6.61 Å². The first-order valence-corrected chi connectivity index (χ1v) is 9.28. The van der Waals surface area contributed by atoms with Crippen LogP contribution in [0, 0.1) is 6.92 Å². The average molecular weight is 387 g/mol. The third kappa shape index (κ3) is 3.67. The molecule has 29 heavy (non-hydrogen) atoms. The van der Waals surface area contributed by atoms with E-state index in [0.29, 0.717) is 5.69 Å². The van der Waals surface area contributed by atoms with Crippen LogP contribution in [0.3, 0.4) is 0 Å². The fourth-order valence-corrected chi connectivity index (χ4v) is 3.20. The lowest BCUT2D eigenvalue weighted by atomic mass is 10.0. The number of benzene rings is 3. The average Bonchev–Trinajstić information content (AvgIpc) is 3.07. The molecule has 146 valence electrons. The molecule has 0 atom stereocenters. The van der Waals surface area contributed by atoms with Gasteiger partial charge in [-0.3, -0.25) is 0 Å². The molecule has 7 heteroatoms. The smallest absolute Gasteiger partial charge is 0.368 e. The number of hydrogen-bond acceptors (Lipinski definition) is 5. The van der Waals surface area contributed by atoms with Gasteiger partial charge in [0.25, 0.3) is 0 Å². The highest BCUT2D eigenvalue weighted by molar-refractivity contribution is 6.01. The van der Waals surface area contributed by atoms with E-state index in [1.54, 1.807) is 7.05 Å². The molecule has 3 aromatic carbocycles. The zero-order chi connectivity index (χ0) is 20.4. The molecule has 0 N–H and O–H groups in total. The van der Waals surface area contributed by atoms with Gasteiger partial charge in [0, 0.05) is 12.6 Å². The Morgan fingerprint density at radius 2 is 1.83 bits per heavy atom. The summed E-state index contributed by atoms with van der Waals surface area (Å²) in [6.07, 6.45) is 0. The second-order valence-corrected chi connectivity index (χ2v) is 6.88. The summed E-state index contributed by atoms with van der Waals surface area (Å²) in [5.74, 6) is 0. The monoisotopic (exact) mass is 387 g/mol. The van der Waals surface area contributed by atoms with E-state index in [-0.39, 0.29) is 12.3 Å². The van der Waals surface area contributed by atoms with Crippen molar-refractivity contribution in [2.75, 3.05) is 0 Å². The van der Waals surface area contributed by atoms with E-state index in [1.165, 1.54) is 14.7 Å². The maximum atomic E-state index is 12.2. The minimum atomic E-state index is -0.312. The molecule has 0 amide bonds. The Labute approximate surface area is 167 Å². The van der Waals surface area contributed by atoms with Crippen LogP contribution in [-0.4, -0.2) is 25.5 Å². The zero-order valence-electron chi connectivity index (χ0n) is 16.5. The van der Waals surface area contributed by atoms with E-state index in [9.17, 15) is 4.79 Å². The van der Waals surface area contributed by atoms with Crippen LogP contribution in [0.25, 0.3) is 16.5 Å². The summed E-state index contributed by atoms with van der Waals surface area (Å²) in [4.78, 5) is 17.9. The Morgan fingerprint density at radius 3 is 2.59 bits per heavy atom. The second-order valence-electron chi connectivity index (χ2n) is 6.88. The van der Waals surface area contributed by atoms with Crippen LogP contribution < -0.4 is 5.69 Å². The Balaban J connectivity index is 1.58. The van der Waals surface area contributed by atoms with Crippen molar-refractivity contribution in [1.29, 1.82) is 0 Å². The van der Waals surface area contributed by atoms with E-state index < -0.39 is 0 Å². The number of rotatable bonds is 5. The summed E-state index contributed by atoms with van der Waals surface area (Å²) in [6.45, 7) is 4.09. The highest BCUT2D eigenvalue weighted by Crippen LogP contribution is 2.19. The third-order valence-electron chi connectivity index (χ3n) is 4.91. The van der Waals surface area contributed by atoms with Crippen LogP contribution in [0.1, 0.15) is 23.6 Å². The van der Waals surface area contributed by atoms with Crippen molar-refractivity contribution in [1.82, 2.24) is 19.8 Å². The van der Waals surface area contributed by atoms with Crippen LogP contribution >= 0.6 is 0 Å². The van der Waals surface area contributed by atoms with E-state index in [4.69, 9.17) is 4.84 Å². The van der Waals surface area contributed by atoms with Gasteiger partial charge >= 0.3 is 5.69 Å². The van der Waals surface area contributed by atoms with E-state index in [0.717, 1.165) is 27.8 Å². The summed E-state index contributed by atoms with van der Waals surface area (Å²) in [6, 6.07) is 20.0. The number of oxime groups is 1. The lowest BCUT2D eigenvalue weighted by Crippen LogP contribution is -2.23. The van der Waals surface area contributed by atoms with Gasteiger partial charge in [0.15, 0.2) is 0 Å². The fourth-order valence-electron chi connectivity index (χ4n) is 3.20. The first-order valence-electron chi connectivity index (χ1n) is 9.28. The summed E-state index contributed by atoms with van der Waals surface area (Å²) < 4.78 is 2.46. The molecule has 7 nitrogen and oxygen atoms in total.